The van der Waals surface area contributed by atoms with Gasteiger partial charge in [-0.05, 0) is 42.6 Å². The summed E-state index contributed by atoms with van der Waals surface area (Å²) >= 11 is 0. The van der Waals surface area contributed by atoms with Crippen molar-refractivity contribution in [2.24, 2.45) is 7.05 Å². The van der Waals surface area contributed by atoms with Crippen LogP contribution >= 0.6 is 0 Å². The minimum absolute atomic E-state index is 0.456. The molecule has 3 aromatic rings. The number of aromatic nitrogens is 4. The second-order valence-electron chi connectivity index (χ2n) is 6.41. The molecule has 0 radical (unpaired) electrons. The van der Waals surface area contributed by atoms with Crippen molar-refractivity contribution in [2.75, 3.05) is 6.54 Å². The van der Waals surface area contributed by atoms with Crippen LogP contribution in [0.2, 0.25) is 0 Å². The number of rotatable bonds is 7. The van der Waals surface area contributed by atoms with Crippen LogP contribution in [-0.2, 0) is 20.0 Å². The molecule has 0 atom stereocenters. The van der Waals surface area contributed by atoms with Crippen molar-refractivity contribution in [3.63, 3.8) is 0 Å². The second kappa shape index (κ2) is 7.45. The normalized spacial score (nSPS) is 11.3. The Hall–Kier alpha value is -2.40. The predicted octanol–water partition coefficient (Wildman–Crippen LogP) is 3.06. The molecule has 0 aliphatic rings. The standard InChI is InChI=1S/C19H25N5/c1-15(2)19-17(14-23(3)22-19)13-20-11-9-16-5-7-18(8-6-16)24-12-4-10-21-24/h4-8,10,12,14-15,20H,9,11,13H2,1-3H3. The number of hydrogen-bond acceptors (Lipinski definition) is 3. The third kappa shape index (κ3) is 3.92. The van der Waals surface area contributed by atoms with Crippen LogP contribution in [0.15, 0.2) is 48.9 Å². The molecular formula is C19H25N5. The predicted molar refractivity (Wildman–Crippen MR) is 96.3 cm³/mol. The Morgan fingerprint density at radius 1 is 1.17 bits per heavy atom. The molecule has 3 rings (SSSR count). The van der Waals surface area contributed by atoms with Gasteiger partial charge in [0, 0.05) is 37.7 Å². The molecule has 0 bridgehead atoms. The Morgan fingerprint density at radius 3 is 2.62 bits per heavy atom. The van der Waals surface area contributed by atoms with Crippen LogP contribution in [0.25, 0.3) is 5.69 Å². The van der Waals surface area contributed by atoms with Gasteiger partial charge in [-0.3, -0.25) is 4.68 Å². The van der Waals surface area contributed by atoms with E-state index in [2.05, 4.69) is 59.8 Å². The third-order valence-electron chi connectivity index (χ3n) is 4.10. The van der Waals surface area contributed by atoms with Crippen LogP contribution < -0.4 is 5.32 Å². The molecule has 0 aliphatic carbocycles. The minimum Gasteiger partial charge on any atom is -0.312 e. The average Bonchev–Trinajstić information content (AvgIpc) is 3.22. The van der Waals surface area contributed by atoms with E-state index in [1.165, 1.54) is 16.8 Å². The molecule has 2 aromatic heterocycles. The highest BCUT2D eigenvalue weighted by molar-refractivity contribution is 5.33. The molecule has 24 heavy (non-hydrogen) atoms. The molecule has 0 fully saturated rings. The molecule has 0 unspecified atom stereocenters. The van der Waals surface area contributed by atoms with E-state index in [0.29, 0.717) is 5.92 Å². The first-order valence-corrected chi connectivity index (χ1v) is 8.45. The van der Waals surface area contributed by atoms with Crippen molar-refractivity contribution in [3.05, 3.63) is 65.7 Å². The van der Waals surface area contributed by atoms with Gasteiger partial charge in [0.1, 0.15) is 0 Å². The van der Waals surface area contributed by atoms with Gasteiger partial charge in [-0.1, -0.05) is 26.0 Å². The summed E-state index contributed by atoms with van der Waals surface area (Å²) in [5, 5.41) is 12.3. The summed E-state index contributed by atoms with van der Waals surface area (Å²) in [5.41, 5.74) is 4.90. The largest absolute Gasteiger partial charge is 0.312 e. The van der Waals surface area contributed by atoms with E-state index in [1.54, 1.807) is 6.20 Å². The van der Waals surface area contributed by atoms with E-state index >= 15 is 0 Å². The number of hydrogen-bond donors (Lipinski definition) is 1. The van der Waals surface area contributed by atoms with Crippen molar-refractivity contribution < 1.29 is 0 Å². The lowest BCUT2D eigenvalue weighted by atomic mass is 10.1. The Bertz CT molecular complexity index is 754. The smallest absolute Gasteiger partial charge is 0.0694 e. The van der Waals surface area contributed by atoms with Gasteiger partial charge in [-0.15, -0.1) is 0 Å². The zero-order valence-corrected chi connectivity index (χ0v) is 14.6. The maximum Gasteiger partial charge on any atom is 0.0694 e. The van der Waals surface area contributed by atoms with Crippen LogP contribution in [0.4, 0.5) is 0 Å². The van der Waals surface area contributed by atoms with Gasteiger partial charge < -0.3 is 5.32 Å². The Morgan fingerprint density at radius 2 is 1.96 bits per heavy atom. The number of nitrogens with zero attached hydrogens (tertiary/aromatic N) is 4. The lowest BCUT2D eigenvalue weighted by Gasteiger charge is -2.08. The molecule has 1 N–H and O–H groups in total. The number of benzene rings is 1. The van der Waals surface area contributed by atoms with Gasteiger partial charge >= 0.3 is 0 Å². The van der Waals surface area contributed by atoms with E-state index in [-0.39, 0.29) is 0 Å². The molecule has 0 saturated carbocycles. The minimum atomic E-state index is 0.456. The topological polar surface area (TPSA) is 47.7 Å². The summed E-state index contributed by atoms with van der Waals surface area (Å²) in [6.45, 7) is 6.19. The zero-order valence-electron chi connectivity index (χ0n) is 14.6. The Kier molecular flexibility index (Phi) is 5.11. The van der Waals surface area contributed by atoms with E-state index in [9.17, 15) is 0 Å². The molecule has 0 aliphatic heterocycles. The SMILES string of the molecule is CC(C)c1nn(C)cc1CNCCc1ccc(-n2cccn2)cc1. The van der Waals surface area contributed by atoms with Crippen LogP contribution in [0.1, 0.15) is 36.6 Å². The summed E-state index contributed by atoms with van der Waals surface area (Å²) < 4.78 is 3.78. The highest BCUT2D eigenvalue weighted by atomic mass is 15.3. The van der Waals surface area contributed by atoms with Gasteiger partial charge in [-0.2, -0.15) is 10.2 Å². The Balaban J connectivity index is 1.50. The maximum atomic E-state index is 4.55. The van der Waals surface area contributed by atoms with Gasteiger partial charge in [0.25, 0.3) is 0 Å². The molecule has 126 valence electrons. The van der Waals surface area contributed by atoms with Crippen molar-refractivity contribution in [2.45, 2.75) is 32.7 Å². The van der Waals surface area contributed by atoms with E-state index in [1.807, 2.05) is 28.7 Å². The second-order valence-corrected chi connectivity index (χ2v) is 6.41. The Labute approximate surface area is 143 Å². The molecule has 0 spiro atoms. The van der Waals surface area contributed by atoms with Crippen molar-refractivity contribution in [3.8, 4) is 5.69 Å². The summed E-state index contributed by atoms with van der Waals surface area (Å²) in [5.74, 6) is 0.456. The summed E-state index contributed by atoms with van der Waals surface area (Å²) in [6.07, 6.45) is 6.87. The van der Waals surface area contributed by atoms with Crippen molar-refractivity contribution in [1.82, 2.24) is 24.9 Å². The van der Waals surface area contributed by atoms with Crippen LogP contribution in [-0.4, -0.2) is 26.1 Å². The van der Waals surface area contributed by atoms with Crippen molar-refractivity contribution in [1.29, 1.82) is 0 Å². The third-order valence-corrected chi connectivity index (χ3v) is 4.10. The molecular weight excluding hydrogens is 298 g/mol. The van der Waals surface area contributed by atoms with Crippen LogP contribution in [0, 0.1) is 0 Å². The van der Waals surface area contributed by atoms with Crippen LogP contribution in [0.5, 0.6) is 0 Å². The van der Waals surface area contributed by atoms with Gasteiger partial charge in [0.15, 0.2) is 0 Å². The van der Waals surface area contributed by atoms with E-state index in [0.717, 1.165) is 25.2 Å². The molecule has 5 nitrogen and oxygen atoms in total. The number of nitrogens with one attached hydrogen (secondary N) is 1. The molecule has 2 heterocycles. The monoisotopic (exact) mass is 323 g/mol. The summed E-state index contributed by atoms with van der Waals surface area (Å²) in [6, 6.07) is 10.5. The van der Waals surface area contributed by atoms with E-state index in [4.69, 9.17) is 0 Å². The lowest BCUT2D eigenvalue weighted by molar-refractivity contribution is 0.674. The van der Waals surface area contributed by atoms with Crippen molar-refractivity contribution >= 4 is 0 Å². The highest BCUT2D eigenvalue weighted by Gasteiger charge is 2.10. The van der Waals surface area contributed by atoms with Gasteiger partial charge in [0.05, 0.1) is 11.4 Å². The first kappa shape index (κ1) is 16.5. The highest BCUT2D eigenvalue weighted by Crippen LogP contribution is 2.17. The zero-order chi connectivity index (χ0) is 16.9. The summed E-state index contributed by atoms with van der Waals surface area (Å²) in [4.78, 5) is 0. The molecule has 5 heteroatoms. The quantitative estimate of drug-likeness (QED) is 0.680. The maximum absolute atomic E-state index is 4.55. The first-order chi connectivity index (χ1) is 11.6. The van der Waals surface area contributed by atoms with E-state index < -0.39 is 0 Å². The molecule has 0 saturated heterocycles. The van der Waals surface area contributed by atoms with Crippen LogP contribution in [0.3, 0.4) is 0 Å². The average molecular weight is 323 g/mol. The lowest BCUT2D eigenvalue weighted by Crippen LogP contribution is -2.17. The van der Waals surface area contributed by atoms with Gasteiger partial charge in [0.2, 0.25) is 0 Å². The van der Waals surface area contributed by atoms with Gasteiger partial charge in [-0.25, -0.2) is 4.68 Å². The first-order valence-electron chi connectivity index (χ1n) is 8.45. The summed E-state index contributed by atoms with van der Waals surface area (Å²) in [7, 11) is 1.98. The molecule has 0 amide bonds. The fourth-order valence-electron chi connectivity index (χ4n) is 2.87. The number of aryl methyl sites for hydroxylation is 1. The molecule has 1 aromatic carbocycles. The fraction of sp³-hybridized carbons (Fsp3) is 0.368. The fourth-order valence-corrected chi connectivity index (χ4v) is 2.87.